The van der Waals surface area contributed by atoms with Crippen molar-refractivity contribution in [3.8, 4) is 16.8 Å². The van der Waals surface area contributed by atoms with Crippen molar-refractivity contribution in [3.63, 3.8) is 0 Å². The third-order valence-corrected chi connectivity index (χ3v) is 16.6. The number of benzene rings is 2. The quantitative estimate of drug-likeness (QED) is 0.206. The van der Waals surface area contributed by atoms with E-state index >= 15 is 0 Å². The van der Waals surface area contributed by atoms with Gasteiger partial charge in [0, 0.05) is 0 Å². The molecule has 1 heterocycles. The Bertz CT molecular complexity index is 1800. The Hall–Kier alpha value is -3.25. The van der Waals surface area contributed by atoms with Crippen LogP contribution in [-0.2, 0) is 16.1 Å². The predicted molar refractivity (Wildman–Crippen MR) is 202 cm³/mol. The van der Waals surface area contributed by atoms with Gasteiger partial charge in [-0.25, -0.2) is 4.68 Å². The van der Waals surface area contributed by atoms with Crippen LogP contribution in [0.15, 0.2) is 72.9 Å². The molecule has 10 atom stereocenters. The summed E-state index contributed by atoms with van der Waals surface area (Å²) in [6.07, 6.45) is 12.4. The van der Waals surface area contributed by atoms with E-state index in [1.165, 1.54) is 36.8 Å². The van der Waals surface area contributed by atoms with E-state index in [1.54, 1.807) is 4.68 Å². The largest absolute Gasteiger partial charge is 0.459 e. The second-order valence-corrected chi connectivity index (χ2v) is 18.9. The number of fused-ring (bicyclic) bond motifs is 7. The summed E-state index contributed by atoms with van der Waals surface area (Å²) < 4.78 is 8.05. The summed E-state index contributed by atoms with van der Waals surface area (Å²) in [4.78, 5) is 14.5. The fraction of sp³-hybridized carbons (Fsp3) is 0.622. The summed E-state index contributed by atoms with van der Waals surface area (Å²) in [6.45, 7) is 19.3. The molecule has 5 aliphatic carbocycles. The molecule has 0 spiro atoms. The highest BCUT2D eigenvalue weighted by molar-refractivity contribution is 5.78. The van der Waals surface area contributed by atoms with Gasteiger partial charge in [-0.05, 0) is 146 Å². The lowest BCUT2D eigenvalue weighted by Gasteiger charge is -2.72. The number of aromatic nitrogens is 3. The van der Waals surface area contributed by atoms with Gasteiger partial charge in [-0.15, -0.1) is 5.10 Å². The number of nitrogens with zero attached hydrogens (tertiary/aromatic N) is 3. The number of aliphatic hydroxyl groups excluding tert-OH is 1. The molecule has 5 fully saturated rings. The van der Waals surface area contributed by atoms with Gasteiger partial charge in [0.1, 0.15) is 12.3 Å². The van der Waals surface area contributed by atoms with E-state index in [0.717, 1.165) is 49.8 Å². The van der Waals surface area contributed by atoms with Crippen LogP contribution in [0.25, 0.3) is 16.8 Å². The standard InChI is InChI=1S/C45H59N3O3/c1-29(2)34-19-24-45(40(50)51-28-32-27-48(47-46-32)33-15-13-31(14-16-33)30-11-9-8-10-12-30)26-25-43(6)35(39(34)45)17-18-37-42(5)22-21-38(49)41(3,4)36(42)20-23-44(37,43)7/h8-16,27,34-39,49H,1,17-26,28H2,2-7H3/t34-,35+,36-,37+,38-,39+,42-,43+,44+,45-/m0/s1. The average Bonchev–Trinajstić information content (AvgIpc) is 3.76. The molecule has 272 valence electrons. The molecular formula is C45H59N3O3. The zero-order chi connectivity index (χ0) is 36.0. The summed E-state index contributed by atoms with van der Waals surface area (Å²) in [6, 6.07) is 18.6. The van der Waals surface area contributed by atoms with E-state index in [2.05, 4.69) is 82.7 Å². The molecule has 1 N–H and O–H groups in total. The van der Waals surface area contributed by atoms with Crippen molar-refractivity contribution < 1.29 is 14.6 Å². The smallest absolute Gasteiger partial charge is 0.312 e. The molecule has 51 heavy (non-hydrogen) atoms. The van der Waals surface area contributed by atoms with Gasteiger partial charge in [-0.1, -0.05) is 94.4 Å². The van der Waals surface area contributed by atoms with Crippen molar-refractivity contribution in [1.29, 1.82) is 0 Å². The highest BCUT2D eigenvalue weighted by Gasteiger charge is 2.72. The van der Waals surface area contributed by atoms with Crippen molar-refractivity contribution in [2.75, 3.05) is 0 Å². The van der Waals surface area contributed by atoms with Gasteiger partial charge in [0.15, 0.2) is 0 Å². The second-order valence-electron chi connectivity index (χ2n) is 18.9. The number of allylic oxidation sites excluding steroid dienone is 1. The lowest BCUT2D eigenvalue weighted by molar-refractivity contribution is -0.248. The monoisotopic (exact) mass is 689 g/mol. The fourth-order valence-corrected chi connectivity index (χ4v) is 13.7. The van der Waals surface area contributed by atoms with Crippen molar-refractivity contribution in [2.24, 2.45) is 56.7 Å². The Morgan fingerprint density at radius 1 is 0.843 bits per heavy atom. The summed E-state index contributed by atoms with van der Waals surface area (Å²) in [5.74, 6) is 2.21. The maximum absolute atomic E-state index is 14.5. The molecule has 0 unspecified atom stereocenters. The number of carbonyl (C=O) groups excluding carboxylic acids is 1. The number of carbonyl (C=O) groups is 1. The molecular weight excluding hydrogens is 631 g/mol. The normalized spacial score (nSPS) is 39.6. The molecule has 6 heteroatoms. The van der Waals surface area contributed by atoms with Crippen molar-refractivity contribution in [1.82, 2.24) is 15.0 Å². The summed E-state index contributed by atoms with van der Waals surface area (Å²) in [5, 5.41) is 19.9. The average molecular weight is 690 g/mol. The maximum Gasteiger partial charge on any atom is 0.312 e. The SMILES string of the molecule is C=C(C)[C@@H]1CC[C@]2(C(=O)OCc3cn(-c4ccc(-c5ccccc5)cc4)nn3)CC[C@]3(C)[C@H](CC[C@@H]4[C@@]5(C)CC[C@H](O)C(C)(C)[C@@H]5CC[C@]43C)[C@@H]12. The molecule has 0 radical (unpaired) electrons. The highest BCUT2D eigenvalue weighted by atomic mass is 16.5. The highest BCUT2D eigenvalue weighted by Crippen LogP contribution is 2.77. The molecule has 3 aromatic rings. The Labute approximate surface area is 305 Å². The van der Waals surface area contributed by atoms with Gasteiger partial charge in [0.2, 0.25) is 0 Å². The third-order valence-electron chi connectivity index (χ3n) is 16.6. The van der Waals surface area contributed by atoms with Crippen LogP contribution in [0.4, 0.5) is 0 Å². The number of hydrogen-bond acceptors (Lipinski definition) is 5. The first-order valence-electron chi connectivity index (χ1n) is 19.8. The molecule has 5 aliphatic rings. The van der Waals surface area contributed by atoms with Gasteiger partial charge in [0.05, 0.1) is 23.4 Å². The molecule has 1 aromatic heterocycles. The minimum absolute atomic E-state index is 0.0361. The topological polar surface area (TPSA) is 77.2 Å². The van der Waals surface area contributed by atoms with Gasteiger partial charge in [-0.3, -0.25) is 4.79 Å². The number of hydrogen-bond donors (Lipinski definition) is 1. The Morgan fingerprint density at radius 2 is 1.57 bits per heavy atom. The van der Waals surface area contributed by atoms with Crippen LogP contribution in [0.5, 0.6) is 0 Å². The predicted octanol–water partition coefficient (Wildman–Crippen LogP) is 10.00. The van der Waals surface area contributed by atoms with E-state index in [1.807, 2.05) is 36.5 Å². The molecule has 0 amide bonds. The van der Waals surface area contributed by atoms with Crippen molar-refractivity contribution >= 4 is 5.97 Å². The molecule has 6 nitrogen and oxygen atoms in total. The van der Waals surface area contributed by atoms with E-state index < -0.39 is 5.41 Å². The molecule has 0 bridgehead atoms. The minimum Gasteiger partial charge on any atom is -0.459 e. The Balaban J connectivity index is 1.02. The van der Waals surface area contributed by atoms with Crippen LogP contribution in [-0.4, -0.2) is 32.2 Å². The van der Waals surface area contributed by atoms with Crippen LogP contribution < -0.4 is 0 Å². The zero-order valence-corrected chi connectivity index (χ0v) is 31.8. The van der Waals surface area contributed by atoms with Crippen molar-refractivity contribution in [2.45, 2.75) is 118 Å². The van der Waals surface area contributed by atoms with Gasteiger partial charge in [0.25, 0.3) is 0 Å². The molecule has 2 aromatic carbocycles. The summed E-state index contributed by atoms with van der Waals surface area (Å²) in [5.41, 5.74) is 5.21. The third kappa shape index (κ3) is 5.08. The van der Waals surface area contributed by atoms with E-state index in [4.69, 9.17) is 4.74 Å². The van der Waals surface area contributed by atoms with E-state index in [0.29, 0.717) is 29.4 Å². The lowest BCUT2D eigenvalue weighted by atomic mass is 9.32. The second kappa shape index (κ2) is 12.1. The Kier molecular flexibility index (Phi) is 8.29. The zero-order valence-electron chi connectivity index (χ0n) is 31.8. The number of ether oxygens (including phenoxy) is 1. The van der Waals surface area contributed by atoms with Gasteiger partial charge in [-0.2, -0.15) is 0 Å². The van der Waals surface area contributed by atoms with E-state index in [-0.39, 0.29) is 46.3 Å². The molecule has 0 saturated heterocycles. The molecule has 5 saturated carbocycles. The molecule has 8 rings (SSSR count). The number of aliphatic hydroxyl groups is 1. The fourth-order valence-electron chi connectivity index (χ4n) is 13.7. The minimum atomic E-state index is -0.474. The number of esters is 1. The van der Waals surface area contributed by atoms with Crippen molar-refractivity contribution in [3.05, 3.63) is 78.6 Å². The van der Waals surface area contributed by atoms with Gasteiger partial charge >= 0.3 is 5.97 Å². The van der Waals surface area contributed by atoms with Crippen LogP contribution in [0.1, 0.15) is 111 Å². The van der Waals surface area contributed by atoms with Crippen LogP contribution in [0.2, 0.25) is 0 Å². The van der Waals surface area contributed by atoms with Crippen LogP contribution >= 0.6 is 0 Å². The summed E-state index contributed by atoms with van der Waals surface area (Å²) in [7, 11) is 0. The van der Waals surface area contributed by atoms with Crippen LogP contribution in [0, 0.1) is 56.7 Å². The van der Waals surface area contributed by atoms with Crippen LogP contribution in [0.3, 0.4) is 0 Å². The first-order chi connectivity index (χ1) is 24.2. The molecule has 0 aliphatic heterocycles. The van der Waals surface area contributed by atoms with E-state index in [9.17, 15) is 9.90 Å². The van der Waals surface area contributed by atoms with Gasteiger partial charge < -0.3 is 9.84 Å². The lowest BCUT2D eigenvalue weighted by Crippen LogP contribution is -2.67. The maximum atomic E-state index is 14.5. The first-order valence-corrected chi connectivity index (χ1v) is 19.8. The number of rotatable bonds is 6. The summed E-state index contributed by atoms with van der Waals surface area (Å²) >= 11 is 0. The Morgan fingerprint density at radius 3 is 2.29 bits per heavy atom. The first kappa shape index (κ1) is 34.8.